The second-order valence-corrected chi connectivity index (χ2v) is 7.28. The van der Waals surface area contributed by atoms with Crippen LogP contribution in [0.25, 0.3) is 0 Å². The summed E-state index contributed by atoms with van der Waals surface area (Å²) in [7, 11) is 0. The lowest BCUT2D eigenvalue weighted by Crippen LogP contribution is -2.42. The molecule has 0 spiro atoms. The number of carbonyl (C=O) groups is 1. The highest BCUT2D eigenvalue weighted by Crippen LogP contribution is 2.32. The SMILES string of the molecule is CC1CCc2cc(F)ccc2N1C(=O)c1ccc(COc2cccc(Cl)c2)o1. The van der Waals surface area contributed by atoms with Gasteiger partial charge in [-0.3, -0.25) is 4.79 Å². The van der Waals surface area contributed by atoms with Crippen LogP contribution in [0.1, 0.15) is 35.2 Å². The summed E-state index contributed by atoms with van der Waals surface area (Å²) in [4.78, 5) is 14.7. The van der Waals surface area contributed by atoms with Crippen LogP contribution in [0.3, 0.4) is 0 Å². The molecule has 0 aliphatic carbocycles. The molecule has 3 aromatic rings. The van der Waals surface area contributed by atoms with Crippen LogP contribution in [-0.2, 0) is 13.0 Å². The Hall–Kier alpha value is -2.79. The topological polar surface area (TPSA) is 42.7 Å². The quantitative estimate of drug-likeness (QED) is 0.570. The number of anilines is 1. The summed E-state index contributed by atoms with van der Waals surface area (Å²) < 4.78 is 24.9. The molecule has 28 heavy (non-hydrogen) atoms. The first-order valence-corrected chi connectivity index (χ1v) is 9.48. The Bertz CT molecular complexity index is 1020. The van der Waals surface area contributed by atoms with Crippen molar-refractivity contribution in [3.05, 3.63) is 82.5 Å². The van der Waals surface area contributed by atoms with Crippen molar-refractivity contribution >= 4 is 23.2 Å². The second kappa shape index (κ2) is 7.68. The number of amides is 1. The molecule has 0 saturated carbocycles. The summed E-state index contributed by atoms with van der Waals surface area (Å²) >= 11 is 5.95. The highest BCUT2D eigenvalue weighted by atomic mass is 35.5. The van der Waals surface area contributed by atoms with E-state index in [1.165, 1.54) is 12.1 Å². The number of nitrogens with zero attached hydrogens (tertiary/aromatic N) is 1. The summed E-state index contributed by atoms with van der Waals surface area (Å²) in [6, 6.07) is 15.0. The number of halogens is 2. The van der Waals surface area contributed by atoms with Crippen molar-refractivity contribution in [1.29, 1.82) is 0 Å². The largest absolute Gasteiger partial charge is 0.486 e. The fourth-order valence-corrected chi connectivity index (χ4v) is 3.61. The molecule has 0 saturated heterocycles. The maximum atomic E-state index is 13.6. The van der Waals surface area contributed by atoms with Gasteiger partial charge >= 0.3 is 0 Å². The standard InChI is InChI=1S/C22H19ClFNO3/c1-14-5-6-15-11-17(24)7-9-20(15)25(14)22(26)21-10-8-19(28-21)13-27-18-4-2-3-16(23)12-18/h2-4,7-12,14H,5-6,13H2,1H3. The number of hydrogen-bond donors (Lipinski definition) is 0. The first-order valence-electron chi connectivity index (χ1n) is 9.10. The van der Waals surface area contributed by atoms with Crippen molar-refractivity contribution in [3.63, 3.8) is 0 Å². The van der Waals surface area contributed by atoms with Gasteiger partial charge in [-0.25, -0.2) is 4.39 Å². The van der Waals surface area contributed by atoms with Crippen molar-refractivity contribution < 1.29 is 18.3 Å². The molecule has 0 radical (unpaired) electrons. The van der Waals surface area contributed by atoms with Crippen LogP contribution in [0.15, 0.2) is 59.0 Å². The van der Waals surface area contributed by atoms with Crippen LogP contribution in [0.4, 0.5) is 10.1 Å². The maximum absolute atomic E-state index is 13.6. The Labute approximate surface area is 167 Å². The van der Waals surface area contributed by atoms with E-state index in [1.54, 1.807) is 47.4 Å². The van der Waals surface area contributed by atoms with Gasteiger partial charge < -0.3 is 14.1 Å². The van der Waals surface area contributed by atoms with E-state index in [-0.39, 0.29) is 30.1 Å². The Morgan fingerprint density at radius 1 is 1.25 bits per heavy atom. The minimum absolute atomic E-state index is 0.00159. The van der Waals surface area contributed by atoms with Gasteiger partial charge in [0.25, 0.3) is 5.91 Å². The third-order valence-corrected chi connectivity index (χ3v) is 5.08. The molecule has 1 amide bonds. The van der Waals surface area contributed by atoms with Gasteiger partial charge in [0.2, 0.25) is 0 Å². The zero-order chi connectivity index (χ0) is 19.7. The number of aryl methyl sites for hydroxylation is 1. The molecule has 4 nitrogen and oxygen atoms in total. The molecule has 6 heteroatoms. The molecular formula is C22H19ClFNO3. The molecule has 2 heterocycles. The van der Waals surface area contributed by atoms with Gasteiger partial charge in [-0.15, -0.1) is 0 Å². The molecule has 1 aromatic heterocycles. The zero-order valence-corrected chi connectivity index (χ0v) is 16.1. The van der Waals surface area contributed by atoms with Crippen molar-refractivity contribution in [2.24, 2.45) is 0 Å². The Morgan fingerprint density at radius 2 is 2.11 bits per heavy atom. The number of benzene rings is 2. The average Bonchev–Trinajstić information content (AvgIpc) is 3.15. The van der Waals surface area contributed by atoms with Crippen LogP contribution < -0.4 is 9.64 Å². The highest BCUT2D eigenvalue weighted by molar-refractivity contribution is 6.30. The van der Waals surface area contributed by atoms with Crippen LogP contribution in [0.2, 0.25) is 5.02 Å². The van der Waals surface area contributed by atoms with Gasteiger partial charge in [-0.1, -0.05) is 17.7 Å². The van der Waals surface area contributed by atoms with E-state index in [0.717, 1.165) is 24.1 Å². The predicted molar refractivity (Wildman–Crippen MR) is 105 cm³/mol. The average molecular weight is 400 g/mol. The van der Waals surface area contributed by atoms with Crippen molar-refractivity contribution in [1.82, 2.24) is 0 Å². The van der Waals surface area contributed by atoms with Gasteiger partial charge in [0, 0.05) is 16.8 Å². The van der Waals surface area contributed by atoms with E-state index >= 15 is 0 Å². The summed E-state index contributed by atoms with van der Waals surface area (Å²) in [6.07, 6.45) is 1.52. The van der Waals surface area contributed by atoms with E-state index < -0.39 is 0 Å². The van der Waals surface area contributed by atoms with Crippen LogP contribution in [0, 0.1) is 5.82 Å². The molecule has 1 aliphatic heterocycles. The minimum atomic E-state index is -0.292. The number of rotatable bonds is 4. The normalized spacial score (nSPS) is 16.0. The molecular weight excluding hydrogens is 381 g/mol. The van der Waals surface area contributed by atoms with E-state index in [0.29, 0.717) is 16.5 Å². The fraction of sp³-hybridized carbons (Fsp3) is 0.227. The summed E-state index contributed by atoms with van der Waals surface area (Å²) in [5.74, 6) is 0.853. The van der Waals surface area contributed by atoms with Gasteiger partial charge in [-0.2, -0.15) is 0 Å². The van der Waals surface area contributed by atoms with Crippen molar-refractivity contribution in [2.75, 3.05) is 4.90 Å². The summed E-state index contributed by atoms with van der Waals surface area (Å²) in [5.41, 5.74) is 1.57. The van der Waals surface area contributed by atoms with E-state index in [4.69, 9.17) is 20.8 Å². The van der Waals surface area contributed by atoms with Gasteiger partial charge in [0.15, 0.2) is 5.76 Å². The third-order valence-electron chi connectivity index (χ3n) is 4.84. The Balaban J connectivity index is 1.51. The number of ether oxygens (including phenoxy) is 1. The van der Waals surface area contributed by atoms with Crippen molar-refractivity contribution in [3.8, 4) is 5.75 Å². The zero-order valence-electron chi connectivity index (χ0n) is 15.3. The highest BCUT2D eigenvalue weighted by Gasteiger charge is 2.30. The Morgan fingerprint density at radius 3 is 2.93 bits per heavy atom. The number of carbonyl (C=O) groups excluding carboxylic acids is 1. The number of furan rings is 1. The smallest absolute Gasteiger partial charge is 0.294 e. The molecule has 1 unspecified atom stereocenters. The molecule has 144 valence electrons. The number of fused-ring (bicyclic) bond motifs is 1. The molecule has 0 fully saturated rings. The molecule has 2 aromatic carbocycles. The lowest BCUT2D eigenvalue weighted by atomic mass is 9.96. The summed E-state index contributed by atoms with van der Waals surface area (Å²) in [5, 5.41) is 0.585. The lowest BCUT2D eigenvalue weighted by Gasteiger charge is -2.34. The summed E-state index contributed by atoms with van der Waals surface area (Å²) in [6.45, 7) is 2.17. The Kier molecular flexibility index (Phi) is 5.09. The monoisotopic (exact) mass is 399 g/mol. The molecule has 0 N–H and O–H groups in total. The molecule has 4 rings (SSSR count). The van der Waals surface area contributed by atoms with Crippen LogP contribution in [0.5, 0.6) is 5.75 Å². The van der Waals surface area contributed by atoms with Crippen molar-refractivity contribution in [2.45, 2.75) is 32.4 Å². The number of hydrogen-bond acceptors (Lipinski definition) is 3. The lowest BCUT2D eigenvalue weighted by molar-refractivity contribution is 0.0944. The maximum Gasteiger partial charge on any atom is 0.294 e. The molecule has 1 atom stereocenters. The van der Waals surface area contributed by atoms with Gasteiger partial charge in [0.1, 0.15) is 23.9 Å². The first kappa shape index (κ1) is 18.6. The van der Waals surface area contributed by atoms with E-state index in [2.05, 4.69) is 0 Å². The van der Waals surface area contributed by atoms with Crippen LogP contribution in [-0.4, -0.2) is 11.9 Å². The minimum Gasteiger partial charge on any atom is -0.486 e. The predicted octanol–water partition coefficient (Wildman–Crippen LogP) is 5.63. The molecule has 0 bridgehead atoms. The van der Waals surface area contributed by atoms with Crippen LogP contribution >= 0.6 is 11.6 Å². The first-order chi connectivity index (χ1) is 13.5. The van der Waals surface area contributed by atoms with E-state index in [1.807, 2.05) is 6.92 Å². The van der Waals surface area contributed by atoms with E-state index in [9.17, 15) is 9.18 Å². The van der Waals surface area contributed by atoms with Gasteiger partial charge in [-0.05, 0) is 73.9 Å². The fourth-order valence-electron chi connectivity index (χ4n) is 3.43. The third kappa shape index (κ3) is 3.76. The molecule has 1 aliphatic rings. The second-order valence-electron chi connectivity index (χ2n) is 6.85. The van der Waals surface area contributed by atoms with Gasteiger partial charge in [0.05, 0.1) is 0 Å².